The molecular formula is C15H21ClN4O. The molecule has 0 aromatic carbocycles. The van der Waals surface area contributed by atoms with Crippen molar-refractivity contribution in [1.82, 2.24) is 19.3 Å². The van der Waals surface area contributed by atoms with Gasteiger partial charge in [-0.15, -0.1) is 0 Å². The zero-order chi connectivity index (χ0) is 15.6. The minimum Gasteiger partial charge on any atom is -0.290 e. The van der Waals surface area contributed by atoms with Crippen LogP contribution >= 0.6 is 11.6 Å². The first kappa shape index (κ1) is 15.8. The fourth-order valence-electron chi connectivity index (χ4n) is 2.35. The Bertz CT molecular complexity index is 687. The largest absolute Gasteiger partial charge is 0.290 e. The van der Waals surface area contributed by atoms with E-state index in [1.807, 2.05) is 25.5 Å². The molecule has 0 unspecified atom stereocenters. The maximum Gasteiger partial charge on any atom is 0.255 e. The maximum atomic E-state index is 12.3. The van der Waals surface area contributed by atoms with Crippen molar-refractivity contribution in [1.29, 1.82) is 0 Å². The molecule has 2 aromatic rings. The number of hydrogen-bond acceptors (Lipinski definition) is 3. The molecule has 114 valence electrons. The van der Waals surface area contributed by atoms with Crippen LogP contribution in [-0.2, 0) is 19.5 Å². The van der Waals surface area contributed by atoms with Gasteiger partial charge in [0.1, 0.15) is 11.0 Å². The lowest BCUT2D eigenvalue weighted by Gasteiger charge is -2.15. The van der Waals surface area contributed by atoms with Gasteiger partial charge >= 0.3 is 0 Å². The van der Waals surface area contributed by atoms with Crippen LogP contribution in [0.25, 0.3) is 0 Å². The van der Waals surface area contributed by atoms with E-state index in [1.165, 1.54) is 6.07 Å². The van der Waals surface area contributed by atoms with E-state index in [0.29, 0.717) is 12.4 Å². The number of hydrogen-bond donors (Lipinski definition) is 0. The van der Waals surface area contributed by atoms with Crippen LogP contribution in [0.5, 0.6) is 0 Å². The van der Waals surface area contributed by atoms with Crippen LogP contribution in [0.2, 0.25) is 5.15 Å². The average molecular weight is 309 g/mol. The van der Waals surface area contributed by atoms with E-state index in [9.17, 15) is 4.79 Å². The Morgan fingerprint density at radius 3 is 2.57 bits per heavy atom. The van der Waals surface area contributed by atoms with Gasteiger partial charge in [-0.2, -0.15) is 5.10 Å². The zero-order valence-electron chi connectivity index (χ0n) is 12.9. The second kappa shape index (κ2) is 6.43. The molecule has 0 aliphatic heterocycles. The first-order valence-electron chi connectivity index (χ1n) is 7.29. The van der Waals surface area contributed by atoms with Gasteiger partial charge in [-0.1, -0.05) is 32.4 Å². The van der Waals surface area contributed by atoms with E-state index in [0.717, 1.165) is 24.4 Å². The molecule has 0 saturated carbocycles. The number of nitrogens with zero attached hydrogens (tertiary/aromatic N) is 4. The molecule has 0 saturated heterocycles. The van der Waals surface area contributed by atoms with Crippen LogP contribution in [0.15, 0.2) is 16.9 Å². The van der Waals surface area contributed by atoms with Crippen LogP contribution < -0.4 is 5.56 Å². The number of aromatic nitrogens is 4. The van der Waals surface area contributed by atoms with Gasteiger partial charge < -0.3 is 0 Å². The van der Waals surface area contributed by atoms with Crippen LogP contribution in [0.3, 0.4) is 0 Å². The first-order valence-corrected chi connectivity index (χ1v) is 7.66. The Hall–Kier alpha value is -1.62. The minimum atomic E-state index is -0.124. The second-order valence-corrected chi connectivity index (χ2v) is 5.70. The Balaban J connectivity index is 2.48. The Morgan fingerprint density at radius 2 is 2.00 bits per heavy atom. The second-order valence-electron chi connectivity index (χ2n) is 5.31. The molecule has 0 amide bonds. The van der Waals surface area contributed by atoms with Crippen LogP contribution in [0, 0.1) is 0 Å². The topological polar surface area (TPSA) is 52.7 Å². The molecule has 0 N–H and O–H groups in total. The lowest BCUT2D eigenvalue weighted by molar-refractivity contribution is 0.561. The van der Waals surface area contributed by atoms with Gasteiger partial charge in [-0.25, -0.2) is 4.98 Å². The highest BCUT2D eigenvalue weighted by molar-refractivity contribution is 6.29. The summed E-state index contributed by atoms with van der Waals surface area (Å²) in [4.78, 5) is 16.6. The molecule has 2 aromatic heterocycles. The first-order chi connectivity index (χ1) is 9.96. The lowest BCUT2D eigenvalue weighted by Crippen LogP contribution is -2.26. The lowest BCUT2D eigenvalue weighted by atomic mass is 10.2. The normalized spacial score (nSPS) is 11.3. The summed E-state index contributed by atoms with van der Waals surface area (Å²) >= 11 is 5.91. The third-order valence-corrected chi connectivity index (χ3v) is 3.61. The van der Waals surface area contributed by atoms with E-state index in [2.05, 4.69) is 23.1 Å². The standard InChI is InChI=1S/C15H21ClN4O/c1-5-11-7-12(20(6-2)18-11)9-19-14(21)8-13(16)17-15(19)10(3)4/h7-8,10H,5-6,9H2,1-4H3. The highest BCUT2D eigenvalue weighted by Crippen LogP contribution is 2.15. The van der Waals surface area contributed by atoms with E-state index in [-0.39, 0.29) is 16.6 Å². The number of rotatable bonds is 5. The molecule has 2 rings (SSSR count). The molecule has 2 heterocycles. The van der Waals surface area contributed by atoms with Crippen molar-refractivity contribution in [3.63, 3.8) is 0 Å². The van der Waals surface area contributed by atoms with Gasteiger partial charge in [0.05, 0.1) is 17.9 Å². The molecule has 0 atom stereocenters. The molecule has 0 spiro atoms. The van der Waals surface area contributed by atoms with Gasteiger partial charge in [0, 0.05) is 18.5 Å². The van der Waals surface area contributed by atoms with Gasteiger partial charge in [0.25, 0.3) is 5.56 Å². The zero-order valence-corrected chi connectivity index (χ0v) is 13.7. The minimum absolute atomic E-state index is 0.124. The fourth-order valence-corrected chi connectivity index (χ4v) is 2.53. The number of halogens is 1. The fraction of sp³-hybridized carbons (Fsp3) is 0.533. The quantitative estimate of drug-likeness (QED) is 0.798. The van der Waals surface area contributed by atoms with E-state index < -0.39 is 0 Å². The predicted molar refractivity (Wildman–Crippen MR) is 84.0 cm³/mol. The average Bonchev–Trinajstić information content (AvgIpc) is 2.83. The molecule has 5 nitrogen and oxygen atoms in total. The molecule has 6 heteroatoms. The Kier molecular flexibility index (Phi) is 4.83. The Labute approximate surface area is 129 Å². The van der Waals surface area contributed by atoms with Gasteiger partial charge in [-0.05, 0) is 19.4 Å². The summed E-state index contributed by atoms with van der Waals surface area (Å²) in [6, 6.07) is 3.41. The van der Waals surface area contributed by atoms with E-state index >= 15 is 0 Å². The van der Waals surface area contributed by atoms with E-state index in [4.69, 9.17) is 11.6 Å². The van der Waals surface area contributed by atoms with Crippen molar-refractivity contribution in [2.75, 3.05) is 0 Å². The summed E-state index contributed by atoms with van der Waals surface area (Å²) in [5.41, 5.74) is 1.93. The van der Waals surface area contributed by atoms with Crippen molar-refractivity contribution in [2.24, 2.45) is 0 Å². The van der Waals surface area contributed by atoms with Crippen molar-refractivity contribution in [2.45, 2.75) is 53.1 Å². The Morgan fingerprint density at radius 1 is 1.29 bits per heavy atom. The summed E-state index contributed by atoms with van der Waals surface area (Å²) in [7, 11) is 0. The molecule has 0 aliphatic carbocycles. The van der Waals surface area contributed by atoms with Crippen molar-refractivity contribution in [3.8, 4) is 0 Å². The van der Waals surface area contributed by atoms with Gasteiger partial charge in [0.2, 0.25) is 0 Å². The monoisotopic (exact) mass is 308 g/mol. The SMILES string of the molecule is CCc1cc(Cn2c(C(C)C)nc(Cl)cc2=O)n(CC)n1. The van der Waals surface area contributed by atoms with Gasteiger partial charge in [-0.3, -0.25) is 14.0 Å². The van der Waals surface area contributed by atoms with Crippen LogP contribution in [-0.4, -0.2) is 19.3 Å². The highest BCUT2D eigenvalue weighted by Gasteiger charge is 2.14. The van der Waals surface area contributed by atoms with Crippen LogP contribution in [0.4, 0.5) is 0 Å². The predicted octanol–water partition coefficient (Wildman–Crippen LogP) is 2.85. The van der Waals surface area contributed by atoms with Crippen molar-refractivity contribution < 1.29 is 0 Å². The van der Waals surface area contributed by atoms with Gasteiger partial charge in [0.15, 0.2) is 0 Å². The highest BCUT2D eigenvalue weighted by atomic mass is 35.5. The third kappa shape index (κ3) is 3.35. The molecule has 0 fully saturated rings. The molecule has 0 bridgehead atoms. The van der Waals surface area contributed by atoms with Crippen molar-refractivity contribution >= 4 is 11.6 Å². The number of aryl methyl sites for hydroxylation is 2. The summed E-state index contributed by atoms with van der Waals surface area (Å²) in [5, 5.41) is 4.77. The summed E-state index contributed by atoms with van der Waals surface area (Å²) < 4.78 is 3.61. The third-order valence-electron chi connectivity index (χ3n) is 3.42. The molecular weight excluding hydrogens is 288 g/mol. The summed E-state index contributed by atoms with van der Waals surface area (Å²) in [6.07, 6.45) is 0.880. The summed E-state index contributed by atoms with van der Waals surface area (Å²) in [5.74, 6) is 0.828. The maximum absolute atomic E-state index is 12.3. The molecule has 21 heavy (non-hydrogen) atoms. The summed E-state index contributed by atoms with van der Waals surface area (Å²) in [6.45, 7) is 9.37. The smallest absolute Gasteiger partial charge is 0.255 e. The van der Waals surface area contributed by atoms with E-state index in [1.54, 1.807) is 4.57 Å². The molecule has 0 aliphatic rings. The van der Waals surface area contributed by atoms with Crippen LogP contribution in [0.1, 0.15) is 50.8 Å². The van der Waals surface area contributed by atoms with Crippen molar-refractivity contribution in [3.05, 3.63) is 44.9 Å². The molecule has 0 radical (unpaired) electrons.